The Morgan fingerprint density at radius 1 is 0.833 bits per heavy atom. The molecule has 1 N–H and O–H groups in total. The van der Waals surface area contributed by atoms with Gasteiger partial charge in [-0.2, -0.15) is 0 Å². The number of anilines is 2. The lowest BCUT2D eigenvalue weighted by Crippen LogP contribution is -2.29. The second-order valence-corrected chi connectivity index (χ2v) is 10.7. The normalized spacial score (nSPS) is 12.2. The molecule has 0 bridgehead atoms. The average Bonchev–Trinajstić information content (AvgIpc) is 3.44. The molecule has 3 amide bonds. The van der Waals surface area contributed by atoms with Gasteiger partial charge in [-0.25, -0.2) is 14.5 Å². The quantitative estimate of drug-likeness (QED) is 0.206. The number of fused-ring (bicyclic) bond motifs is 1. The van der Waals surface area contributed by atoms with E-state index in [0.717, 1.165) is 20.9 Å². The first-order valence-corrected chi connectivity index (χ1v) is 13.9. The highest BCUT2D eigenvalue weighted by atomic mass is 32.1. The number of esters is 2. The first-order valence-electron chi connectivity index (χ1n) is 13.1. The van der Waals surface area contributed by atoms with Crippen molar-refractivity contribution in [2.45, 2.75) is 20.8 Å². The van der Waals surface area contributed by atoms with Gasteiger partial charge in [-0.1, -0.05) is 48.0 Å². The monoisotopic (exact) mass is 582 g/mol. The molecule has 9 nitrogen and oxygen atoms in total. The van der Waals surface area contributed by atoms with E-state index >= 15 is 0 Å². The fourth-order valence-corrected chi connectivity index (χ4v) is 5.75. The van der Waals surface area contributed by atoms with Crippen LogP contribution in [0, 0.1) is 13.8 Å². The number of carbonyl (C=O) groups is 5. The molecular weight excluding hydrogens is 556 g/mol. The molecule has 0 atom stereocenters. The molecular formula is C32H26N2O7S. The predicted molar refractivity (Wildman–Crippen MR) is 158 cm³/mol. The van der Waals surface area contributed by atoms with E-state index in [1.807, 2.05) is 38.1 Å². The number of carbonyl (C=O) groups excluding carboxylic acids is 5. The highest BCUT2D eigenvalue weighted by Crippen LogP contribution is 2.40. The number of amides is 3. The smallest absolute Gasteiger partial charge is 0.341 e. The average molecular weight is 583 g/mol. The number of ether oxygens (including phenoxy) is 2. The molecule has 1 aliphatic rings. The fraction of sp³-hybridized carbons (Fsp3) is 0.156. The van der Waals surface area contributed by atoms with Gasteiger partial charge < -0.3 is 14.8 Å². The molecule has 3 aromatic carbocycles. The lowest BCUT2D eigenvalue weighted by Gasteiger charge is -2.15. The van der Waals surface area contributed by atoms with Gasteiger partial charge in [0, 0.05) is 10.4 Å². The van der Waals surface area contributed by atoms with Gasteiger partial charge in [-0.3, -0.25) is 14.4 Å². The summed E-state index contributed by atoms with van der Waals surface area (Å²) >= 11 is 1.22. The first-order chi connectivity index (χ1) is 20.2. The van der Waals surface area contributed by atoms with Crippen molar-refractivity contribution in [1.29, 1.82) is 0 Å². The molecule has 0 saturated carbocycles. The van der Waals surface area contributed by atoms with Gasteiger partial charge in [0.2, 0.25) is 0 Å². The van der Waals surface area contributed by atoms with Crippen molar-refractivity contribution in [3.05, 3.63) is 105 Å². The standard InChI is InChI=1S/C32H26N2O7S/c1-4-40-32(39)27-26(20-14-12-18(2)13-15-20)19(3)42-28(27)33-25(35)17-41-31(38)21-8-7-9-22(16-21)34-29(36)23-10-5-6-11-24(23)30(34)37/h5-16H,4,17H2,1-3H3,(H,33,35). The molecule has 5 rings (SSSR count). The summed E-state index contributed by atoms with van der Waals surface area (Å²) in [5, 5.41) is 2.97. The van der Waals surface area contributed by atoms with E-state index in [-0.39, 0.29) is 39.5 Å². The van der Waals surface area contributed by atoms with Gasteiger partial charge in [0.25, 0.3) is 17.7 Å². The van der Waals surface area contributed by atoms with E-state index in [0.29, 0.717) is 5.56 Å². The first kappa shape index (κ1) is 28.4. The summed E-state index contributed by atoms with van der Waals surface area (Å²) in [4.78, 5) is 66.0. The van der Waals surface area contributed by atoms with E-state index in [4.69, 9.17) is 9.47 Å². The Kier molecular flexibility index (Phi) is 7.99. The van der Waals surface area contributed by atoms with Gasteiger partial charge in [0.15, 0.2) is 6.61 Å². The maximum Gasteiger partial charge on any atom is 0.341 e. The molecule has 4 aromatic rings. The molecule has 1 aromatic heterocycles. The molecule has 0 aliphatic carbocycles. The van der Waals surface area contributed by atoms with Crippen LogP contribution in [-0.4, -0.2) is 42.9 Å². The van der Waals surface area contributed by atoms with Crippen molar-refractivity contribution in [3.8, 4) is 11.1 Å². The van der Waals surface area contributed by atoms with Crippen LogP contribution in [0.15, 0.2) is 72.8 Å². The van der Waals surface area contributed by atoms with Crippen LogP contribution in [0.2, 0.25) is 0 Å². The number of nitrogens with one attached hydrogen (secondary N) is 1. The molecule has 2 heterocycles. The van der Waals surface area contributed by atoms with E-state index in [9.17, 15) is 24.0 Å². The van der Waals surface area contributed by atoms with Gasteiger partial charge in [-0.15, -0.1) is 11.3 Å². The van der Waals surface area contributed by atoms with E-state index in [1.165, 1.54) is 35.6 Å². The summed E-state index contributed by atoms with van der Waals surface area (Å²) < 4.78 is 10.5. The minimum Gasteiger partial charge on any atom is -0.462 e. The number of aryl methyl sites for hydroxylation is 2. The van der Waals surface area contributed by atoms with Crippen LogP contribution >= 0.6 is 11.3 Å². The predicted octanol–water partition coefficient (Wildman–Crippen LogP) is 5.80. The molecule has 0 radical (unpaired) electrons. The third-order valence-electron chi connectivity index (χ3n) is 6.63. The summed E-state index contributed by atoms with van der Waals surface area (Å²) in [6, 6.07) is 20.0. The van der Waals surface area contributed by atoms with Crippen LogP contribution in [0.3, 0.4) is 0 Å². The van der Waals surface area contributed by atoms with Crippen LogP contribution < -0.4 is 10.2 Å². The summed E-state index contributed by atoms with van der Waals surface area (Å²) in [6.45, 7) is 5.04. The molecule has 0 saturated heterocycles. The highest BCUT2D eigenvalue weighted by molar-refractivity contribution is 7.17. The zero-order valence-electron chi connectivity index (χ0n) is 23.1. The minimum atomic E-state index is -0.822. The number of thiophene rings is 1. The van der Waals surface area contributed by atoms with Crippen LogP contribution in [-0.2, 0) is 14.3 Å². The van der Waals surface area contributed by atoms with E-state index < -0.39 is 36.3 Å². The number of benzene rings is 3. The number of hydrogen-bond donors (Lipinski definition) is 1. The van der Waals surface area contributed by atoms with Crippen molar-refractivity contribution in [3.63, 3.8) is 0 Å². The SMILES string of the molecule is CCOC(=O)c1c(NC(=O)COC(=O)c2cccc(N3C(=O)c4ccccc4C3=O)c2)sc(C)c1-c1ccc(C)cc1. The maximum atomic E-state index is 12.9. The van der Waals surface area contributed by atoms with Crippen LogP contribution in [0.5, 0.6) is 0 Å². The lowest BCUT2D eigenvalue weighted by atomic mass is 10.0. The van der Waals surface area contributed by atoms with Crippen molar-refractivity contribution < 1.29 is 33.4 Å². The maximum absolute atomic E-state index is 12.9. The largest absolute Gasteiger partial charge is 0.462 e. The zero-order chi connectivity index (χ0) is 30.0. The van der Waals surface area contributed by atoms with Gasteiger partial charge in [0.05, 0.1) is 29.0 Å². The third kappa shape index (κ3) is 5.44. The van der Waals surface area contributed by atoms with Crippen molar-refractivity contribution in [1.82, 2.24) is 0 Å². The Bertz CT molecular complexity index is 1710. The molecule has 212 valence electrons. The summed E-state index contributed by atoms with van der Waals surface area (Å²) in [7, 11) is 0. The molecule has 1 aliphatic heterocycles. The van der Waals surface area contributed by atoms with Crippen LogP contribution in [0.1, 0.15) is 58.8 Å². The Morgan fingerprint density at radius 2 is 1.50 bits per heavy atom. The summed E-state index contributed by atoms with van der Waals surface area (Å²) in [5.74, 6) is -3.03. The second kappa shape index (κ2) is 11.8. The minimum absolute atomic E-state index is 0.0534. The van der Waals surface area contributed by atoms with Crippen LogP contribution in [0.4, 0.5) is 10.7 Å². The molecule has 0 fully saturated rings. The molecule has 0 spiro atoms. The van der Waals surface area contributed by atoms with Gasteiger partial charge in [0.1, 0.15) is 10.6 Å². The number of nitrogens with zero attached hydrogens (tertiary/aromatic N) is 1. The second-order valence-electron chi connectivity index (χ2n) is 9.49. The van der Waals surface area contributed by atoms with Gasteiger partial charge >= 0.3 is 11.9 Å². The number of hydrogen-bond acceptors (Lipinski definition) is 8. The number of rotatable bonds is 8. The molecule has 42 heavy (non-hydrogen) atoms. The van der Waals surface area contributed by atoms with Crippen molar-refractivity contribution in [2.24, 2.45) is 0 Å². The van der Waals surface area contributed by atoms with Crippen molar-refractivity contribution >= 4 is 51.7 Å². The van der Waals surface area contributed by atoms with E-state index in [2.05, 4.69) is 5.32 Å². The lowest BCUT2D eigenvalue weighted by molar-refractivity contribution is -0.119. The van der Waals surface area contributed by atoms with Crippen molar-refractivity contribution in [2.75, 3.05) is 23.4 Å². The summed E-state index contributed by atoms with van der Waals surface area (Å²) in [6.07, 6.45) is 0. The number of imide groups is 1. The summed E-state index contributed by atoms with van der Waals surface area (Å²) in [5.41, 5.74) is 3.59. The topological polar surface area (TPSA) is 119 Å². The Balaban J connectivity index is 1.30. The van der Waals surface area contributed by atoms with Crippen LogP contribution in [0.25, 0.3) is 11.1 Å². The third-order valence-corrected chi connectivity index (χ3v) is 7.65. The Morgan fingerprint density at radius 3 is 2.14 bits per heavy atom. The molecule has 10 heteroatoms. The highest BCUT2D eigenvalue weighted by Gasteiger charge is 2.36. The van der Waals surface area contributed by atoms with Gasteiger partial charge in [-0.05, 0) is 56.7 Å². The molecule has 0 unspecified atom stereocenters. The van der Waals surface area contributed by atoms with E-state index in [1.54, 1.807) is 31.2 Å². The fourth-order valence-electron chi connectivity index (χ4n) is 4.67. The zero-order valence-corrected chi connectivity index (χ0v) is 23.9. The Hall–Kier alpha value is -5.09. The Labute approximate surface area is 245 Å².